The van der Waals surface area contributed by atoms with E-state index in [2.05, 4.69) is 4.90 Å². The third-order valence-corrected chi connectivity index (χ3v) is 2.56. The van der Waals surface area contributed by atoms with Gasteiger partial charge in [-0.25, -0.2) is 0 Å². The predicted molar refractivity (Wildman–Crippen MR) is 53.8 cm³/mol. The summed E-state index contributed by atoms with van der Waals surface area (Å²) in [5.74, 6) is 0.129. The molecule has 1 heterocycles. The zero-order valence-electron chi connectivity index (χ0n) is 8.65. The Balaban J connectivity index is 2.25. The van der Waals surface area contributed by atoms with Crippen molar-refractivity contribution in [3.8, 4) is 0 Å². The van der Waals surface area contributed by atoms with Crippen LogP contribution in [0.2, 0.25) is 0 Å². The van der Waals surface area contributed by atoms with E-state index in [1.807, 2.05) is 4.90 Å². The Morgan fingerprint density at radius 1 is 1.43 bits per heavy atom. The largest absolute Gasteiger partial charge is 0.390 e. The number of rotatable bonds is 3. The molecule has 0 unspecified atom stereocenters. The van der Waals surface area contributed by atoms with E-state index in [4.69, 9.17) is 5.73 Å². The first-order chi connectivity index (χ1) is 6.63. The van der Waals surface area contributed by atoms with Gasteiger partial charge in [0, 0.05) is 46.2 Å². The highest BCUT2D eigenvalue weighted by atomic mass is 16.3. The van der Waals surface area contributed by atoms with Gasteiger partial charge in [0.15, 0.2) is 0 Å². The lowest BCUT2D eigenvalue weighted by atomic mass is 10.2. The van der Waals surface area contributed by atoms with E-state index in [1.54, 1.807) is 6.92 Å². The van der Waals surface area contributed by atoms with Crippen LogP contribution >= 0.6 is 0 Å². The number of carbonyl (C=O) groups is 1. The lowest BCUT2D eigenvalue weighted by molar-refractivity contribution is -0.130. The molecule has 1 fully saturated rings. The Kier molecular flexibility index (Phi) is 4.31. The van der Waals surface area contributed by atoms with Crippen molar-refractivity contribution in [2.45, 2.75) is 13.0 Å². The maximum Gasteiger partial charge on any atom is 0.219 e. The topological polar surface area (TPSA) is 69.8 Å². The van der Waals surface area contributed by atoms with E-state index >= 15 is 0 Å². The highest BCUT2D eigenvalue weighted by Gasteiger charge is 2.19. The van der Waals surface area contributed by atoms with Crippen LogP contribution in [0.5, 0.6) is 0 Å². The standard InChI is InChI=1S/C9H19N3O2/c1-8(13)12-4-2-11(3-5-12)7-9(14)6-10/h9,14H,2-7,10H2,1H3/t9-/m0/s1. The van der Waals surface area contributed by atoms with Crippen LogP contribution in [0.15, 0.2) is 0 Å². The molecule has 5 nitrogen and oxygen atoms in total. The molecule has 0 aliphatic carbocycles. The van der Waals surface area contributed by atoms with Crippen molar-refractivity contribution in [2.75, 3.05) is 39.3 Å². The Labute approximate surface area is 84.5 Å². The fraction of sp³-hybridized carbons (Fsp3) is 0.889. The first-order valence-electron chi connectivity index (χ1n) is 4.99. The molecule has 5 heteroatoms. The van der Waals surface area contributed by atoms with E-state index < -0.39 is 6.10 Å². The first kappa shape index (κ1) is 11.4. The third kappa shape index (κ3) is 3.25. The van der Waals surface area contributed by atoms with Crippen LogP contribution in [0.1, 0.15) is 6.92 Å². The molecule has 0 aromatic heterocycles. The number of amides is 1. The Hall–Kier alpha value is -0.650. The second-order valence-corrected chi connectivity index (χ2v) is 3.70. The number of aliphatic hydroxyl groups excluding tert-OH is 1. The molecule has 1 aliphatic rings. The van der Waals surface area contributed by atoms with Crippen molar-refractivity contribution < 1.29 is 9.90 Å². The number of hydrogen-bond acceptors (Lipinski definition) is 4. The van der Waals surface area contributed by atoms with E-state index in [1.165, 1.54) is 0 Å². The van der Waals surface area contributed by atoms with Gasteiger partial charge in [-0.15, -0.1) is 0 Å². The summed E-state index contributed by atoms with van der Waals surface area (Å²) >= 11 is 0. The second-order valence-electron chi connectivity index (χ2n) is 3.70. The zero-order chi connectivity index (χ0) is 10.6. The minimum atomic E-state index is -0.445. The van der Waals surface area contributed by atoms with Crippen molar-refractivity contribution in [3.05, 3.63) is 0 Å². The molecule has 0 aromatic carbocycles. The van der Waals surface area contributed by atoms with E-state index in [0.717, 1.165) is 26.2 Å². The smallest absolute Gasteiger partial charge is 0.219 e. The second kappa shape index (κ2) is 5.29. The fourth-order valence-electron chi connectivity index (χ4n) is 1.62. The molecular formula is C9H19N3O2. The predicted octanol–water partition coefficient (Wildman–Crippen LogP) is -1.53. The molecule has 0 radical (unpaired) electrons. The third-order valence-electron chi connectivity index (χ3n) is 2.56. The van der Waals surface area contributed by atoms with Gasteiger partial charge in [-0.3, -0.25) is 9.69 Å². The molecule has 1 aliphatic heterocycles. The monoisotopic (exact) mass is 201 g/mol. The molecule has 1 saturated heterocycles. The van der Waals surface area contributed by atoms with Crippen LogP contribution in [0.25, 0.3) is 0 Å². The van der Waals surface area contributed by atoms with Crippen LogP contribution < -0.4 is 5.73 Å². The van der Waals surface area contributed by atoms with Gasteiger partial charge in [0.25, 0.3) is 0 Å². The molecule has 14 heavy (non-hydrogen) atoms. The SMILES string of the molecule is CC(=O)N1CCN(C[C@@H](O)CN)CC1. The summed E-state index contributed by atoms with van der Waals surface area (Å²) in [6, 6.07) is 0. The van der Waals surface area contributed by atoms with Gasteiger partial charge in [-0.2, -0.15) is 0 Å². The Morgan fingerprint density at radius 3 is 2.43 bits per heavy atom. The molecule has 1 amide bonds. The molecule has 3 N–H and O–H groups in total. The Bertz CT molecular complexity index is 190. The number of hydrogen-bond donors (Lipinski definition) is 2. The number of aliphatic hydroxyl groups is 1. The lowest BCUT2D eigenvalue weighted by Gasteiger charge is -2.34. The number of nitrogens with two attached hydrogens (primary N) is 1. The molecule has 0 bridgehead atoms. The van der Waals surface area contributed by atoms with E-state index in [0.29, 0.717) is 13.1 Å². The van der Waals surface area contributed by atoms with Gasteiger partial charge < -0.3 is 15.7 Å². The first-order valence-corrected chi connectivity index (χ1v) is 4.99. The van der Waals surface area contributed by atoms with Crippen molar-refractivity contribution in [3.63, 3.8) is 0 Å². The van der Waals surface area contributed by atoms with Gasteiger partial charge in [0.1, 0.15) is 0 Å². The summed E-state index contributed by atoms with van der Waals surface area (Å²) in [7, 11) is 0. The van der Waals surface area contributed by atoms with Gasteiger partial charge in [-0.1, -0.05) is 0 Å². The van der Waals surface area contributed by atoms with Crippen LogP contribution in [0.3, 0.4) is 0 Å². The van der Waals surface area contributed by atoms with Crippen molar-refractivity contribution in [2.24, 2.45) is 5.73 Å². The number of β-amino-alcohol motifs (C(OH)–C–C–N with tert-alkyl or cyclic N) is 1. The van der Waals surface area contributed by atoms with Gasteiger partial charge in [0.2, 0.25) is 5.91 Å². The molecule has 1 rings (SSSR count). The quantitative estimate of drug-likeness (QED) is 0.581. The average Bonchev–Trinajstić information content (AvgIpc) is 2.18. The number of piperazine rings is 1. The minimum absolute atomic E-state index is 0.129. The zero-order valence-corrected chi connectivity index (χ0v) is 8.65. The summed E-state index contributed by atoms with van der Waals surface area (Å²) in [6.45, 7) is 5.67. The van der Waals surface area contributed by atoms with Crippen molar-refractivity contribution in [1.29, 1.82) is 0 Å². The van der Waals surface area contributed by atoms with Crippen LogP contribution in [0, 0.1) is 0 Å². The Morgan fingerprint density at radius 2 is 2.00 bits per heavy atom. The fourth-order valence-corrected chi connectivity index (χ4v) is 1.62. The normalized spacial score (nSPS) is 20.9. The van der Waals surface area contributed by atoms with Gasteiger partial charge >= 0.3 is 0 Å². The summed E-state index contributed by atoms with van der Waals surface area (Å²) in [5, 5.41) is 9.34. The van der Waals surface area contributed by atoms with Gasteiger partial charge in [0.05, 0.1) is 6.10 Å². The van der Waals surface area contributed by atoms with E-state index in [-0.39, 0.29) is 5.91 Å². The minimum Gasteiger partial charge on any atom is -0.390 e. The summed E-state index contributed by atoms with van der Waals surface area (Å²) in [6.07, 6.45) is -0.445. The summed E-state index contributed by atoms with van der Waals surface area (Å²) < 4.78 is 0. The molecule has 1 atom stereocenters. The summed E-state index contributed by atoms with van der Waals surface area (Å²) in [5.41, 5.74) is 5.32. The van der Waals surface area contributed by atoms with Crippen molar-refractivity contribution in [1.82, 2.24) is 9.80 Å². The average molecular weight is 201 g/mol. The van der Waals surface area contributed by atoms with Crippen molar-refractivity contribution >= 4 is 5.91 Å². The molecule has 0 aromatic rings. The number of nitrogens with zero attached hydrogens (tertiary/aromatic N) is 2. The number of carbonyl (C=O) groups excluding carboxylic acids is 1. The lowest BCUT2D eigenvalue weighted by Crippen LogP contribution is -2.50. The van der Waals surface area contributed by atoms with E-state index in [9.17, 15) is 9.90 Å². The van der Waals surface area contributed by atoms with Gasteiger partial charge in [-0.05, 0) is 0 Å². The molecule has 0 spiro atoms. The molecule has 82 valence electrons. The maximum atomic E-state index is 11.0. The highest BCUT2D eigenvalue weighted by molar-refractivity contribution is 5.73. The van der Waals surface area contributed by atoms with Crippen LogP contribution in [0.4, 0.5) is 0 Å². The molecular weight excluding hydrogens is 182 g/mol. The highest BCUT2D eigenvalue weighted by Crippen LogP contribution is 2.02. The maximum absolute atomic E-state index is 11.0. The molecule has 0 saturated carbocycles. The summed E-state index contributed by atoms with van der Waals surface area (Å²) in [4.78, 5) is 15.0. The van der Waals surface area contributed by atoms with Crippen LogP contribution in [-0.2, 0) is 4.79 Å². The van der Waals surface area contributed by atoms with Crippen LogP contribution in [-0.4, -0.2) is 66.2 Å².